The zero-order valence-electron chi connectivity index (χ0n) is 11.5. The van der Waals surface area contributed by atoms with E-state index in [0.717, 1.165) is 18.7 Å². The Hall–Kier alpha value is -2.29. The van der Waals surface area contributed by atoms with Gasteiger partial charge < -0.3 is 10.2 Å². The maximum atomic E-state index is 12.2. The summed E-state index contributed by atoms with van der Waals surface area (Å²) < 4.78 is 0. The van der Waals surface area contributed by atoms with E-state index in [1.807, 2.05) is 24.3 Å². The standard InChI is InChI=1S/C17H18N2O/c1-18-17(20)16-11-13-7-5-6-8-14(13)12-19(16)15-9-3-2-4-10-15/h2-10,16H,11-12H2,1H3,(H,18,20)/t16-/m0/s1. The molecule has 1 amide bonds. The second kappa shape index (κ2) is 5.37. The van der Waals surface area contributed by atoms with Gasteiger partial charge in [0, 0.05) is 25.7 Å². The number of fused-ring (bicyclic) bond motifs is 1. The van der Waals surface area contributed by atoms with Gasteiger partial charge in [0.25, 0.3) is 0 Å². The highest BCUT2D eigenvalue weighted by Gasteiger charge is 2.30. The Morgan fingerprint density at radius 1 is 1.05 bits per heavy atom. The first-order chi connectivity index (χ1) is 9.79. The second-order valence-corrected chi connectivity index (χ2v) is 5.07. The van der Waals surface area contributed by atoms with Crippen molar-refractivity contribution in [2.45, 2.75) is 19.0 Å². The molecule has 102 valence electrons. The van der Waals surface area contributed by atoms with Gasteiger partial charge in [-0.3, -0.25) is 4.79 Å². The Balaban J connectivity index is 2.00. The average molecular weight is 266 g/mol. The lowest BCUT2D eigenvalue weighted by Gasteiger charge is -2.37. The third kappa shape index (κ3) is 2.27. The molecule has 3 heteroatoms. The van der Waals surface area contributed by atoms with E-state index in [1.54, 1.807) is 7.05 Å². The lowest BCUT2D eigenvalue weighted by atomic mass is 9.93. The van der Waals surface area contributed by atoms with Gasteiger partial charge in [0.05, 0.1) is 0 Å². The Bertz CT molecular complexity index is 609. The molecule has 0 saturated heterocycles. The SMILES string of the molecule is CNC(=O)[C@@H]1Cc2ccccc2CN1c1ccccc1. The number of carbonyl (C=O) groups excluding carboxylic acids is 1. The first-order valence-electron chi connectivity index (χ1n) is 6.89. The Morgan fingerprint density at radius 3 is 2.40 bits per heavy atom. The van der Waals surface area contributed by atoms with Gasteiger partial charge >= 0.3 is 0 Å². The lowest BCUT2D eigenvalue weighted by Crippen LogP contribution is -2.49. The molecule has 0 aromatic heterocycles. The average Bonchev–Trinajstić information content (AvgIpc) is 2.53. The predicted octanol–water partition coefficient (Wildman–Crippen LogP) is 2.36. The second-order valence-electron chi connectivity index (χ2n) is 5.07. The minimum absolute atomic E-state index is 0.0726. The third-order valence-electron chi connectivity index (χ3n) is 3.89. The summed E-state index contributed by atoms with van der Waals surface area (Å²) in [6.07, 6.45) is 0.755. The van der Waals surface area contributed by atoms with Crippen molar-refractivity contribution in [2.24, 2.45) is 0 Å². The number of nitrogens with zero attached hydrogens (tertiary/aromatic N) is 1. The maximum Gasteiger partial charge on any atom is 0.242 e. The molecule has 1 aliphatic heterocycles. The third-order valence-corrected chi connectivity index (χ3v) is 3.89. The highest BCUT2D eigenvalue weighted by Crippen LogP contribution is 2.28. The van der Waals surface area contributed by atoms with Crippen LogP contribution in [0.1, 0.15) is 11.1 Å². The summed E-state index contributed by atoms with van der Waals surface area (Å²) in [7, 11) is 1.70. The summed E-state index contributed by atoms with van der Waals surface area (Å²) in [6.45, 7) is 0.776. The minimum Gasteiger partial charge on any atom is -0.357 e. The normalized spacial score (nSPS) is 17.4. The van der Waals surface area contributed by atoms with Gasteiger partial charge in [0.15, 0.2) is 0 Å². The monoisotopic (exact) mass is 266 g/mol. The van der Waals surface area contributed by atoms with Gasteiger partial charge in [0.2, 0.25) is 5.91 Å². The van der Waals surface area contributed by atoms with E-state index in [9.17, 15) is 4.79 Å². The van der Waals surface area contributed by atoms with Crippen molar-refractivity contribution in [1.29, 1.82) is 0 Å². The number of carbonyl (C=O) groups is 1. The van der Waals surface area contributed by atoms with Crippen molar-refractivity contribution in [3.63, 3.8) is 0 Å². The van der Waals surface area contributed by atoms with Crippen molar-refractivity contribution < 1.29 is 4.79 Å². The van der Waals surface area contributed by atoms with Crippen LogP contribution >= 0.6 is 0 Å². The molecule has 0 spiro atoms. The number of nitrogens with one attached hydrogen (secondary N) is 1. The number of hydrogen-bond donors (Lipinski definition) is 1. The maximum absolute atomic E-state index is 12.2. The molecule has 1 atom stereocenters. The number of anilines is 1. The Labute approximate surface area is 119 Å². The molecule has 0 unspecified atom stereocenters. The molecular weight excluding hydrogens is 248 g/mol. The van der Waals surface area contributed by atoms with Crippen LogP contribution in [0.15, 0.2) is 54.6 Å². The summed E-state index contributed by atoms with van der Waals surface area (Å²) in [5.74, 6) is 0.0726. The molecular formula is C17H18N2O. The van der Waals surface area contributed by atoms with E-state index in [2.05, 4.69) is 40.5 Å². The van der Waals surface area contributed by atoms with Crippen LogP contribution in [0.3, 0.4) is 0 Å². The van der Waals surface area contributed by atoms with Gasteiger partial charge in [-0.05, 0) is 23.3 Å². The molecule has 2 aromatic carbocycles. The van der Waals surface area contributed by atoms with Crippen LogP contribution in [0.4, 0.5) is 5.69 Å². The minimum atomic E-state index is -0.141. The van der Waals surface area contributed by atoms with E-state index >= 15 is 0 Å². The number of amides is 1. The van der Waals surface area contributed by atoms with E-state index in [0.29, 0.717) is 0 Å². The van der Waals surface area contributed by atoms with Crippen molar-refractivity contribution in [1.82, 2.24) is 5.32 Å². The molecule has 0 bridgehead atoms. The number of hydrogen-bond acceptors (Lipinski definition) is 2. The van der Waals surface area contributed by atoms with Crippen LogP contribution < -0.4 is 10.2 Å². The Morgan fingerprint density at radius 2 is 1.70 bits per heavy atom. The molecule has 0 radical (unpaired) electrons. The van der Waals surface area contributed by atoms with Crippen LogP contribution in [-0.4, -0.2) is 19.0 Å². The molecule has 0 saturated carbocycles. The summed E-state index contributed by atoms with van der Waals surface area (Å²) in [5, 5.41) is 2.78. The van der Waals surface area contributed by atoms with E-state index in [-0.39, 0.29) is 11.9 Å². The molecule has 0 fully saturated rings. The molecule has 1 N–H and O–H groups in total. The molecule has 2 aromatic rings. The smallest absolute Gasteiger partial charge is 0.242 e. The number of likely N-dealkylation sites (N-methyl/N-ethyl adjacent to an activating group) is 1. The van der Waals surface area contributed by atoms with Gasteiger partial charge in [-0.1, -0.05) is 42.5 Å². The van der Waals surface area contributed by atoms with Gasteiger partial charge in [-0.2, -0.15) is 0 Å². The fourth-order valence-corrected chi connectivity index (χ4v) is 2.81. The zero-order chi connectivity index (χ0) is 13.9. The van der Waals surface area contributed by atoms with Crippen molar-refractivity contribution in [2.75, 3.05) is 11.9 Å². The highest BCUT2D eigenvalue weighted by molar-refractivity contribution is 5.86. The molecule has 3 nitrogen and oxygen atoms in total. The van der Waals surface area contributed by atoms with Crippen molar-refractivity contribution in [3.05, 3.63) is 65.7 Å². The van der Waals surface area contributed by atoms with E-state index in [1.165, 1.54) is 11.1 Å². The summed E-state index contributed by atoms with van der Waals surface area (Å²) in [6, 6.07) is 18.4. The number of benzene rings is 2. The van der Waals surface area contributed by atoms with Crippen molar-refractivity contribution in [3.8, 4) is 0 Å². The molecule has 3 rings (SSSR count). The number of para-hydroxylation sites is 1. The molecule has 20 heavy (non-hydrogen) atoms. The lowest BCUT2D eigenvalue weighted by molar-refractivity contribution is -0.122. The van der Waals surface area contributed by atoms with Crippen molar-refractivity contribution >= 4 is 11.6 Å². The van der Waals surface area contributed by atoms with Crippen LogP contribution in [0, 0.1) is 0 Å². The first-order valence-corrected chi connectivity index (χ1v) is 6.89. The van der Waals surface area contributed by atoms with Crippen LogP contribution in [-0.2, 0) is 17.8 Å². The molecule has 1 aliphatic rings. The quantitative estimate of drug-likeness (QED) is 0.905. The van der Waals surface area contributed by atoms with Gasteiger partial charge in [-0.25, -0.2) is 0 Å². The van der Waals surface area contributed by atoms with Crippen LogP contribution in [0.25, 0.3) is 0 Å². The molecule has 1 heterocycles. The Kier molecular flexibility index (Phi) is 3.42. The summed E-state index contributed by atoms with van der Waals surface area (Å²) in [4.78, 5) is 14.4. The van der Waals surface area contributed by atoms with Gasteiger partial charge in [-0.15, -0.1) is 0 Å². The van der Waals surface area contributed by atoms with Gasteiger partial charge in [0.1, 0.15) is 6.04 Å². The van der Waals surface area contributed by atoms with Crippen LogP contribution in [0.5, 0.6) is 0 Å². The highest BCUT2D eigenvalue weighted by atomic mass is 16.2. The molecule has 0 aliphatic carbocycles. The fraction of sp³-hybridized carbons (Fsp3) is 0.235. The largest absolute Gasteiger partial charge is 0.357 e. The fourth-order valence-electron chi connectivity index (χ4n) is 2.81. The number of rotatable bonds is 2. The summed E-state index contributed by atoms with van der Waals surface area (Å²) in [5.41, 5.74) is 3.67. The topological polar surface area (TPSA) is 32.3 Å². The van der Waals surface area contributed by atoms with Crippen LogP contribution in [0.2, 0.25) is 0 Å². The zero-order valence-corrected chi connectivity index (χ0v) is 11.5. The predicted molar refractivity (Wildman–Crippen MR) is 80.6 cm³/mol. The van der Waals surface area contributed by atoms with E-state index < -0.39 is 0 Å². The van der Waals surface area contributed by atoms with E-state index in [4.69, 9.17) is 0 Å². The summed E-state index contributed by atoms with van der Waals surface area (Å²) >= 11 is 0. The first kappa shape index (κ1) is 12.7.